The quantitative estimate of drug-likeness (QED) is 0.803. The topological polar surface area (TPSA) is 72.6 Å². The monoisotopic (exact) mass is 284 g/mol. The smallest absolute Gasteiger partial charge is 0.309 e. The number of carbonyl (C=O) groups is 2. The Labute approximate surface area is 121 Å². The van der Waals surface area contributed by atoms with E-state index in [9.17, 15) is 9.59 Å². The van der Waals surface area contributed by atoms with E-state index in [4.69, 9.17) is 10.5 Å². The number of rotatable bonds is 3. The summed E-state index contributed by atoms with van der Waals surface area (Å²) in [6.07, 6.45) is 1.24. The van der Waals surface area contributed by atoms with Crippen molar-refractivity contribution >= 4 is 11.9 Å². The molecule has 0 aromatic rings. The Kier molecular flexibility index (Phi) is 5.57. The first-order valence-electron chi connectivity index (χ1n) is 7.38. The Balaban J connectivity index is 2.55. The molecule has 2 atom stereocenters. The molecule has 0 bridgehead atoms. The van der Waals surface area contributed by atoms with Crippen LogP contribution in [-0.2, 0) is 14.3 Å². The maximum Gasteiger partial charge on any atom is 0.309 e. The van der Waals surface area contributed by atoms with Gasteiger partial charge in [0.05, 0.1) is 12.1 Å². The third-order valence-electron chi connectivity index (χ3n) is 3.29. The lowest BCUT2D eigenvalue weighted by Gasteiger charge is -2.37. The highest BCUT2D eigenvalue weighted by Crippen LogP contribution is 2.24. The van der Waals surface area contributed by atoms with Crippen LogP contribution in [0, 0.1) is 11.8 Å². The number of hydrogen-bond acceptors (Lipinski definition) is 4. The van der Waals surface area contributed by atoms with Gasteiger partial charge in [0.2, 0.25) is 5.91 Å². The Morgan fingerprint density at radius 1 is 1.35 bits per heavy atom. The zero-order valence-electron chi connectivity index (χ0n) is 13.3. The van der Waals surface area contributed by atoms with E-state index in [1.54, 1.807) is 4.90 Å². The van der Waals surface area contributed by atoms with Gasteiger partial charge in [-0.25, -0.2) is 0 Å². The molecule has 1 saturated heterocycles. The zero-order valence-corrected chi connectivity index (χ0v) is 13.3. The van der Waals surface area contributed by atoms with Crippen LogP contribution >= 0.6 is 0 Å². The summed E-state index contributed by atoms with van der Waals surface area (Å²) in [6.45, 7) is 10.1. The largest absolute Gasteiger partial charge is 0.460 e. The van der Waals surface area contributed by atoms with Gasteiger partial charge in [-0.15, -0.1) is 0 Å². The maximum atomic E-state index is 12.1. The molecule has 20 heavy (non-hydrogen) atoms. The molecule has 2 N–H and O–H groups in total. The predicted octanol–water partition coefficient (Wildman–Crippen LogP) is 1.90. The minimum Gasteiger partial charge on any atom is -0.460 e. The number of nitrogens with zero attached hydrogens (tertiary/aromatic N) is 1. The SMILES string of the molecule is CC(C)CC(=O)N1CCC(C(=O)OC(C)(C)C)CC1N. The first-order chi connectivity index (χ1) is 9.10. The summed E-state index contributed by atoms with van der Waals surface area (Å²) < 4.78 is 5.39. The molecule has 1 amide bonds. The van der Waals surface area contributed by atoms with Gasteiger partial charge in [-0.05, 0) is 39.5 Å². The highest BCUT2D eigenvalue weighted by molar-refractivity contribution is 5.78. The molecule has 5 heteroatoms. The lowest BCUT2D eigenvalue weighted by atomic mass is 9.93. The molecule has 0 radical (unpaired) electrons. The van der Waals surface area contributed by atoms with Gasteiger partial charge in [-0.1, -0.05) is 13.8 Å². The van der Waals surface area contributed by atoms with Gasteiger partial charge in [0.25, 0.3) is 0 Å². The molecule has 1 rings (SSSR count). The molecular weight excluding hydrogens is 256 g/mol. The number of esters is 1. The first-order valence-corrected chi connectivity index (χ1v) is 7.38. The average Bonchev–Trinajstić information content (AvgIpc) is 2.25. The van der Waals surface area contributed by atoms with Crippen molar-refractivity contribution in [3.8, 4) is 0 Å². The van der Waals surface area contributed by atoms with E-state index in [-0.39, 0.29) is 24.0 Å². The zero-order chi connectivity index (χ0) is 15.5. The highest BCUT2D eigenvalue weighted by atomic mass is 16.6. The Hall–Kier alpha value is -1.10. The van der Waals surface area contributed by atoms with E-state index >= 15 is 0 Å². The van der Waals surface area contributed by atoms with Crippen molar-refractivity contribution < 1.29 is 14.3 Å². The molecular formula is C15H28N2O3. The summed E-state index contributed by atoms with van der Waals surface area (Å²) in [5, 5.41) is 0. The third-order valence-corrected chi connectivity index (χ3v) is 3.29. The number of amides is 1. The van der Waals surface area contributed by atoms with E-state index in [0.717, 1.165) is 0 Å². The van der Waals surface area contributed by atoms with Crippen LogP contribution in [0.1, 0.15) is 53.9 Å². The second kappa shape index (κ2) is 6.57. The Bertz CT molecular complexity index is 361. The van der Waals surface area contributed by atoms with Gasteiger partial charge < -0.3 is 15.4 Å². The van der Waals surface area contributed by atoms with Crippen LogP contribution in [0.25, 0.3) is 0 Å². The van der Waals surface area contributed by atoms with Gasteiger partial charge in [0.15, 0.2) is 0 Å². The maximum absolute atomic E-state index is 12.1. The summed E-state index contributed by atoms with van der Waals surface area (Å²) in [4.78, 5) is 25.8. The third kappa shape index (κ3) is 5.12. The molecule has 0 aromatic heterocycles. The lowest BCUT2D eigenvalue weighted by molar-refractivity contribution is -0.163. The second-order valence-electron chi connectivity index (χ2n) is 7.01. The molecule has 1 heterocycles. The molecule has 1 fully saturated rings. The molecule has 116 valence electrons. The van der Waals surface area contributed by atoms with Crippen LogP contribution in [0.15, 0.2) is 0 Å². The number of carbonyl (C=O) groups excluding carboxylic acids is 2. The van der Waals surface area contributed by atoms with E-state index in [2.05, 4.69) is 0 Å². The van der Waals surface area contributed by atoms with Crippen LogP contribution in [0.2, 0.25) is 0 Å². The Morgan fingerprint density at radius 3 is 2.40 bits per heavy atom. The summed E-state index contributed by atoms with van der Waals surface area (Å²) in [7, 11) is 0. The van der Waals surface area contributed by atoms with Gasteiger partial charge in [0, 0.05) is 13.0 Å². The van der Waals surface area contributed by atoms with Crippen LogP contribution < -0.4 is 5.73 Å². The molecule has 1 aliphatic heterocycles. The van der Waals surface area contributed by atoms with Crippen LogP contribution in [0.4, 0.5) is 0 Å². The number of likely N-dealkylation sites (tertiary alicyclic amines) is 1. The van der Waals surface area contributed by atoms with Crippen molar-refractivity contribution in [2.24, 2.45) is 17.6 Å². The molecule has 5 nitrogen and oxygen atoms in total. The van der Waals surface area contributed by atoms with Crippen LogP contribution in [-0.4, -0.2) is 35.1 Å². The molecule has 0 spiro atoms. The summed E-state index contributed by atoms with van der Waals surface area (Å²) in [5.41, 5.74) is 5.56. The van der Waals surface area contributed by atoms with Gasteiger partial charge in [-0.3, -0.25) is 9.59 Å². The molecule has 2 unspecified atom stereocenters. The number of piperidine rings is 1. The predicted molar refractivity (Wildman–Crippen MR) is 77.7 cm³/mol. The fourth-order valence-electron chi connectivity index (χ4n) is 2.37. The number of nitrogens with two attached hydrogens (primary N) is 1. The highest BCUT2D eigenvalue weighted by Gasteiger charge is 2.34. The summed E-state index contributed by atoms with van der Waals surface area (Å²) in [6, 6.07) is 0. The molecule has 0 aliphatic carbocycles. The van der Waals surface area contributed by atoms with Gasteiger partial charge in [0.1, 0.15) is 5.60 Å². The van der Waals surface area contributed by atoms with Crippen molar-refractivity contribution in [1.82, 2.24) is 4.90 Å². The lowest BCUT2D eigenvalue weighted by Crippen LogP contribution is -2.52. The summed E-state index contributed by atoms with van der Waals surface area (Å²) in [5.74, 6) is -0.00958. The van der Waals surface area contributed by atoms with Crippen molar-refractivity contribution in [1.29, 1.82) is 0 Å². The van der Waals surface area contributed by atoms with Gasteiger partial charge >= 0.3 is 5.97 Å². The second-order valence-corrected chi connectivity index (χ2v) is 7.01. The minimum atomic E-state index is -0.480. The van der Waals surface area contributed by atoms with E-state index in [1.165, 1.54) is 0 Å². The van der Waals surface area contributed by atoms with Gasteiger partial charge in [-0.2, -0.15) is 0 Å². The normalized spacial score (nSPS) is 23.9. The Morgan fingerprint density at radius 2 is 1.95 bits per heavy atom. The molecule has 0 saturated carbocycles. The van der Waals surface area contributed by atoms with E-state index in [0.29, 0.717) is 31.7 Å². The average molecular weight is 284 g/mol. The van der Waals surface area contributed by atoms with Crippen molar-refractivity contribution in [3.63, 3.8) is 0 Å². The van der Waals surface area contributed by atoms with Crippen molar-refractivity contribution in [3.05, 3.63) is 0 Å². The fourth-order valence-corrected chi connectivity index (χ4v) is 2.37. The minimum absolute atomic E-state index is 0.0788. The molecule has 1 aliphatic rings. The van der Waals surface area contributed by atoms with E-state index < -0.39 is 5.60 Å². The number of ether oxygens (including phenoxy) is 1. The van der Waals surface area contributed by atoms with Crippen molar-refractivity contribution in [2.45, 2.75) is 65.6 Å². The summed E-state index contributed by atoms with van der Waals surface area (Å²) >= 11 is 0. The molecule has 0 aromatic carbocycles. The van der Waals surface area contributed by atoms with Crippen molar-refractivity contribution in [2.75, 3.05) is 6.54 Å². The standard InChI is InChI=1S/C15H28N2O3/c1-10(2)8-13(18)17-7-6-11(9-12(17)16)14(19)20-15(3,4)5/h10-12H,6-9,16H2,1-5H3. The van der Waals surface area contributed by atoms with Crippen LogP contribution in [0.3, 0.4) is 0 Å². The number of hydrogen-bond donors (Lipinski definition) is 1. The fraction of sp³-hybridized carbons (Fsp3) is 0.867. The first kappa shape index (κ1) is 17.0. The van der Waals surface area contributed by atoms with E-state index in [1.807, 2.05) is 34.6 Å². The van der Waals surface area contributed by atoms with Crippen LogP contribution in [0.5, 0.6) is 0 Å².